The lowest BCUT2D eigenvalue weighted by atomic mass is 9.92. The Morgan fingerprint density at radius 2 is 2.10 bits per heavy atom. The SMILES string of the molecule is NC1CCCCC1NS(=O)(=O)Cc1ccc2c(c1)CCO2. The Bertz CT molecular complexity index is 615. The van der Waals surface area contributed by atoms with E-state index in [2.05, 4.69) is 4.72 Å². The highest BCUT2D eigenvalue weighted by atomic mass is 32.2. The van der Waals surface area contributed by atoms with Crippen LogP contribution >= 0.6 is 0 Å². The monoisotopic (exact) mass is 310 g/mol. The van der Waals surface area contributed by atoms with E-state index >= 15 is 0 Å². The summed E-state index contributed by atoms with van der Waals surface area (Å²) < 4.78 is 32.8. The molecule has 6 heteroatoms. The summed E-state index contributed by atoms with van der Waals surface area (Å²) in [6, 6.07) is 5.43. The van der Waals surface area contributed by atoms with Crippen LogP contribution in [0.1, 0.15) is 36.8 Å². The van der Waals surface area contributed by atoms with E-state index in [4.69, 9.17) is 10.5 Å². The third kappa shape index (κ3) is 3.56. The Morgan fingerprint density at radius 3 is 2.90 bits per heavy atom. The molecule has 2 atom stereocenters. The minimum Gasteiger partial charge on any atom is -0.493 e. The molecule has 0 bridgehead atoms. The molecule has 21 heavy (non-hydrogen) atoms. The number of fused-ring (bicyclic) bond motifs is 1. The molecule has 1 aromatic rings. The lowest BCUT2D eigenvalue weighted by Gasteiger charge is -2.29. The highest BCUT2D eigenvalue weighted by Crippen LogP contribution is 2.26. The fourth-order valence-electron chi connectivity index (χ4n) is 3.13. The molecule has 0 spiro atoms. The first kappa shape index (κ1) is 14.8. The average Bonchev–Trinajstić information content (AvgIpc) is 2.88. The van der Waals surface area contributed by atoms with Crippen molar-refractivity contribution in [2.75, 3.05) is 6.61 Å². The molecule has 2 aliphatic rings. The van der Waals surface area contributed by atoms with Gasteiger partial charge in [-0.2, -0.15) is 0 Å². The first-order chi connectivity index (χ1) is 10.0. The molecule has 1 heterocycles. The molecule has 116 valence electrons. The van der Waals surface area contributed by atoms with Crippen LogP contribution in [0, 0.1) is 0 Å². The maximum atomic E-state index is 12.3. The zero-order valence-corrected chi connectivity index (χ0v) is 12.9. The molecule has 0 aromatic heterocycles. The molecule has 5 nitrogen and oxygen atoms in total. The molecule has 1 aliphatic heterocycles. The van der Waals surface area contributed by atoms with E-state index in [1.165, 1.54) is 0 Å². The Kier molecular flexibility index (Phi) is 4.19. The molecule has 0 saturated heterocycles. The van der Waals surface area contributed by atoms with Crippen LogP contribution in [0.15, 0.2) is 18.2 Å². The van der Waals surface area contributed by atoms with Gasteiger partial charge in [-0.25, -0.2) is 13.1 Å². The number of nitrogens with one attached hydrogen (secondary N) is 1. The summed E-state index contributed by atoms with van der Waals surface area (Å²) in [6.07, 6.45) is 4.70. The van der Waals surface area contributed by atoms with Gasteiger partial charge in [0, 0.05) is 18.5 Å². The Balaban J connectivity index is 1.68. The topological polar surface area (TPSA) is 81.4 Å². The summed E-state index contributed by atoms with van der Waals surface area (Å²) >= 11 is 0. The van der Waals surface area contributed by atoms with Crippen molar-refractivity contribution in [3.8, 4) is 5.75 Å². The first-order valence-electron chi connectivity index (χ1n) is 7.54. The summed E-state index contributed by atoms with van der Waals surface area (Å²) in [5.41, 5.74) is 7.91. The number of hydrogen-bond acceptors (Lipinski definition) is 4. The number of sulfonamides is 1. The van der Waals surface area contributed by atoms with Crippen molar-refractivity contribution in [3.63, 3.8) is 0 Å². The van der Waals surface area contributed by atoms with Crippen LogP contribution in [0.2, 0.25) is 0 Å². The van der Waals surface area contributed by atoms with Crippen LogP contribution in [-0.2, 0) is 22.2 Å². The number of benzene rings is 1. The average molecular weight is 310 g/mol. The normalized spacial score (nSPS) is 25.4. The zero-order valence-electron chi connectivity index (χ0n) is 12.0. The highest BCUT2D eigenvalue weighted by Gasteiger charge is 2.26. The van der Waals surface area contributed by atoms with Gasteiger partial charge in [-0.15, -0.1) is 0 Å². The quantitative estimate of drug-likeness (QED) is 0.878. The molecule has 1 fully saturated rings. The van der Waals surface area contributed by atoms with E-state index in [9.17, 15) is 8.42 Å². The summed E-state index contributed by atoms with van der Waals surface area (Å²) in [6.45, 7) is 0.681. The summed E-state index contributed by atoms with van der Waals surface area (Å²) in [4.78, 5) is 0. The van der Waals surface area contributed by atoms with Gasteiger partial charge in [-0.05, 0) is 30.0 Å². The lowest BCUT2D eigenvalue weighted by molar-refractivity contribution is 0.357. The molecule has 1 aliphatic carbocycles. The van der Waals surface area contributed by atoms with Crippen molar-refractivity contribution in [3.05, 3.63) is 29.3 Å². The summed E-state index contributed by atoms with van der Waals surface area (Å²) in [5, 5.41) is 0. The van der Waals surface area contributed by atoms with Crippen molar-refractivity contribution in [2.45, 2.75) is 49.9 Å². The molecule has 3 N–H and O–H groups in total. The van der Waals surface area contributed by atoms with Gasteiger partial charge < -0.3 is 10.5 Å². The largest absolute Gasteiger partial charge is 0.493 e. The van der Waals surface area contributed by atoms with Crippen molar-refractivity contribution in [1.82, 2.24) is 4.72 Å². The molecule has 0 radical (unpaired) electrons. The summed E-state index contributed by atoms with van der Waals surface area (Å²) in [5.74, 6) is 0.877. The second-order valence-electron chi connectivity index (χ2n) is 5.97. The van der Waals surface area contributed by atoms with Crippen LogP contribution < -0.4 is 15.2 Å². The van der Waals surface area contributed by atoms with Crippen molar-refractivity contribution >= 4 is 10.0 Å². The Morgan fingerprint density at radius 1 is 1.29 bits per heavy atom. The second kappa shape index (κ2) is 5.94. The van der Waals surface area contributed by atoms with E-state index < -0.39 is 10.0 Å². The van der Waals surface area contributed by atoms with Gasteiger partial charge in [-0.1, -0.05) is 25.0 Å². The van der Waals surface area contributed by atoms with Gasteiger partial charge in [0.25, 0.3) is 0 Å². The van der Waals surface area contributed by atoms with E-state index in [0.717, 1.165) is 49.0 Å². The smallest absolute Gasteiger partial charge is 0.216 e. The maximum Gasteiger partial charge on any atom is 0.216 e. The summed E-state index contributed by atoms with van der Waals surface area (Å²) in [7, 11) is -3.36. The van der Waals surface area contributed by atoms with Crippen molar-refractivity contribution in [2.24, 2.45) is 5.73 Å². The fraction of sp³-hybridized carbons (Fsp3) is 0.600. The minimum atomic E-state index is -3.36. The zero-order chi connectivity index (χ0) is 14.9. The predicted molar refractivity (Wildman–Crippen MR) is 81.6 cm³/mol. The van der Waals surface area contributed by atoms with Gasteiger partial charge in [0.2, 0.25) is 10.0 Å². The van der Waals surface area contributed by atoms with Gasteiger partial charge >= 0.3 is 0 Å². The van der Waals surface area contributed by atoms with Crippen LogP contribution in [0.3, 0.4) is 0 Å². The second-order valence-corrected chi connectivity index (χ2v) is 7.73. The van der Waals surface area contributed by atoms with Gasteiger partial charge in [0.05, 0.1) is 12.4 Å². The molecule has 2 unspecified atom stereocenters. The van der Waals surface area contributed by atoms with Crippen LogP contribution in [-0.4, -0.2) is 27.1 Å². The third-order valence-corrected chi connectivity index (χ3v) is 5.64. The minimum absolute atomic E-state index is 0.00347. The van der Waals surface area contributed by atoms with Gasteiger partial charge in [0.15, 0.2) is 0 Å². The van der Waals surface area contributed by atoms with Crippen LogP contribution in [0.5, 0.6) is 5.75 Å². The predicted octanol–water partition coefficient (Wildman–Crippen LogP) is 1.31. The number of nitrogens with two attached hydrogens (primary N) is 1. The van der Waals surface area contributed by atoms with Gasteiger partial charge in [0.1, 0.15) is 5.75 Å². The molecular formula is C15H22N2O3S. The maximum absolute atomic E-state index is 12.3. The molecular weight excluding hydrogens is 288 g/mol. The molecule has 1 aromatic carbocycles. The lowest BCUT2D eigenvalue weighted by Crippen LogP contribution is -2.49. The highest BCUT2D eigenvalue weighted by molar-refractivity contribution is 7.88. The molecule has 1 saturated carbocycles. The molecule has 0 amide bonds. The van der Waals surface area contributed by atoms with E-state index in [0.29, 0.717) is 6.61 Å². The van der Waals surface area contributed by atoms with Gasteiger partial charge in [-0.3, -0.25) is 0 Å². The third-order valence-electron chi connectivity index (χ3n) is 4.26. The number of rotatable bonds is 4. The number of ether oxygens (including phenoxy) is 1. The Labute approximate surface area is 125 Å². The van der Waals surface area contributed by atoms with E-state index in [1.807, 2.05) is 18.2 Å². The van der Waals surface area contributed by atoms with Crippen molar-refractivity contribution in [1.29, 1.82) is 0 Å². The van der Waals surface area contributed by atoms with E-state index in [1.54, 1.807) is 0 Å². The van der Waals surface area contributed by atoms with Crippen LogP contribution in [0.25, 0.3) is 0 Å². The first-order valence-corrected chi connectivity index (χ1v) is 9.19. The number of hydrogen-bond donors (Lipinski definition) is 2. The van der Waals surface area contributed by atoms with Crippen LogP contribution in [0.4, 0.5) is 0 Å². The molecule has 3 rings (SSSR count). The standard InChI is InChI=1S/C15H22N2O3S/c16-13-3-1-2-4-14(13)17-21(18,19)10-11-5-6-15-12(9-11)7-8-20-15/h5-6,9,13-14,17H,1-4,7-8,10,16H2. The van der Waals surface area contributed by atoms with Crippen molar-refractivity contribution < 1.29 is 13.2 Å². The Hall–Kier alpha value is -1.11. The van der Waals surface area contributed by atoms with E-state index in [-0.39, 0.29) is 17.8 Å². The fourth-order valence-corrected chi connectivity index (χ4v) is 4.58.